The van der Waals surface area contributed by atoms with Crippen LogP contribution in [0.4, 0.5) is 10.1 Å². The highest BCUT2D eigenvalue weighted by Gasteiger charge is 2.08. The first-order valence-electron chi connectivity index (χ1n) is 6.85. The Morgan fingerprint density at radius 1 is 1.00 bits per heavy atom. The molecule has 106 valence electrons. The molecule has 0 fully saturated rings. The molecule has 21 heavy (non-hydrogen) atoms. The number of anilines is 1. The van der Waals surface area contributed by atoms with Gasteiger partial charge >= 0.3 is 0 Å². The summed E-state index contributed by atoms with van der Waals surface area (Å²) in [5, 5.41) is 15.4. The molecule has 0 saturated carbocycles. The molecule has 0 radical (unpaired) electrons. The SMILES string of the molecule is Cc1c(F)cccc1NCc1c(O)ccc2ccccc12. The molecular formula is C18H16FNO. The van der Waals surface area contributed by atoms with Crippen LogP contribution in [0.25, 0.3) is 10.8 Å². The van der Waals surface area contributed by atoms with Gasteiger partial charge in [0.2, 0.25) is 0 Å². The third-order valence-corrected chi connectivity index (χ3v) is 3.74. The number of phenols is 1. The van der Waals surface area contributed by atoms with Gasteiger partial charge in [-0.2, -0.15) is 0 Å². The summed E-state index contributed by atoms with van der Waals surface area (Å²) in [4.78, 5) is 0. The van der Waals surface area contributed by atoms with Crippen LogP contribution in [0.1, 0.15) is 11.1 Å². The summed E-state index contributed by atoms with van der Waals surface area (Å²) < 4.78 is 13.5. The molecule has 3 rings (SSSR count). The first-order valence-corrected chi connectivity index (χ1v) is 6.85. The van der Waals surface area contributed by atoms with Crippen LogP contribution in [0.5, 0.6) is 5.75 Å². The fourth-order valence-corrected chi connectivity index (χ4v) is 2.49. The Balaban J connectivity index is 1.95. The highest BCUT2D eigenvalue weighted by atomic mass is 19.1. The molecule has 0 aliphatic carbocycles. The Hall–Kier alpha value is -2.55. The van der Waals surface area contributed by atoms with E-state index in [1.54, 1.807) is 19.1 Å². The number of halogens is 1. The minimum absolute atomic E-state index is 0.234. The summed E-state index contributed by atoms with van der Waals surface area (Å²) in [7, 11) is 0. The van der Waals surface area contributed by atoms with Crippen molar-refractivity contribution >= 4 is 16.5 Å². The molecule has 0 atom stereocenters. The quantitative estimate of drug-likeness (QED) is 0.735. The van der Waals surface area contributed by atoms with Crippen LogP contribution in [0.3, 0.4) is 0 Å². The molecule has 3 aromatic rings. The summed E-state index contributed by atoms with van der Waals surface area (Å²) in [6, 6.07) is 16.4. The number of fused-ring (bicyclic) bond motifs is 1. The molecule has 0 aliphatic heterocycles. The molecule has 0 heterocycles. The highest BCUT2D eigenvalue weighted by molar-refractivity contribution is 5.87. The van der Waals surface area contributed by atoms with Crippen molar-refractivity contribution < 1.29 is 9.50 Å². The topological polar surface area (TPSA) is 32.3 Å². The van der Waals surface area contributed by atoms with Crippen molar-refractivity contribution in [1.82, 2.24) is 0 Å². The van der Waals surface area contributed by atoms with Crippen molar-refractivity contribution in [3.63, 3.8) is 0 Å². The number of rotatable bonds is 3. The molecule has 2 N–H and O–H groups in total. The van der Waals surface area contributed by atoms with Gasteiger partial charge in [-0.05, 0) is 35.9 Å². The predicted octanol–water partition coefficient (Wildman–Crippen LogP) is 4.61. The summed E-state index contributed by atoms with van der Waals surface area (Å²) in [5.74, 6) is 0.0115. The second-order valence-electron chi connectivity index (χ2n) is 5.05. The molecule has 2 nitrogen and oxygen atoms in total. The fraction of sp³-hybridized carbons (Fsp3) is 0.111. The van der Waals surface area contributed by atoms with Gasteiger partial charge < -0.3 is 10.4 Å². The van der Waals surface area contributed by atoms with E-state index in [9.17, 15) is 9.50 Å². The molecular weight excluding hydrogens is 265 g/mol. The molecule has 3 heteroatoms. The van der Waals surface area contributed by atoms with Crippen molar-refractivity contribution in [3.8, 4) is 5.75 Å². The van der Waals surface area contributed by atoms with Crippen LogP contribution in [0, 0.1) is 12.7 Å². The van der Waals surface area contributed by atoms with Crippen molar-refractivity contribution in [1.29, 1.82) is 0 Å². The largest absolute Gasteiger partial charge is 0.508 e. The van der Waals surface area contributed by atoms with Crippen LogP contribution < -0.4 is 5.32 Å². The Kier molecular flexibility index (Phi) is 3.48. The minimum atomic E-state index is -0.234. The van der Waals surface area contributed by atoms with E-state index in [2.05, 4.69) is 5.32 Å². The van der Waals surface area contributed by atoms with Gasteiger partial charge in [-0.3, -0.25) is 0 Å². The Labute approximate surface area is 122 Å². The molecule has 0 bridgehead atoms. The van der Waals surface area contributed by atoms with Gasteiger partial charge in [0.1, 0.15) is 11.6 Å². The van der Waals surface area contributed by atoms with E-state index in [4.69, 9.17) is 0 Å². The monoisotopic (exact) mass is 281 g/mol. The normalized spacial score (nSPS) is 10.8. The smallest absolute Gasteiger partial charge is 0.128 e. The number of benzene rings is 3. The van der Waals surface area contributed by atoms with Gasteiger partial charge in [-0.1, -0.05) is 36.4 Å². The van der Waals surface area contributed by atoms with E-state index in [0.29, 0.717) is 12.1 Å². The Morgan fingerprint density at radius 2 is 1.81 bits per heavy atom. The number of hydrogen-bond acceptors (Lipinski definition) is 2. The predicted molar refractivity (Wildman–Crippen MR) is 84.1 cm³/mol. The summed E-state index contributed by atoms with van der Waals surface area (Å²) in [6.07, 6.45) is 0. The number of hydrogen-bond donors (Lipinski definition) is 2. The Morgan fingerprint density at radius 3 is 2.67 bits per heavy atom. The molecule has 0 unspecified atom stereocenters. The molecule has 0 aliphatic rings. The third kappa shape index (κ3) is 2.55. The Bertz CT molecular complexity index is 798. The van der Waals surface area contributed by atoms with Crippen molar-refractivity contribution in [2.45, 2.75) is 13.5 Å². The maximum Gasteiger partial charge on any atom is 0.128 e. The van der Waals surface area contributed by atoms with Gasteiger partial charge in [-0.15, -0.1) is 0 Å². The molecule has 0 aromatic heterocycles. The zero-order chi connectivity index (χ0) is 14.8. The lowest BCUT2D eigenvalue weighted by molar-refractivity contribution is 0.470. The van der Waals surface area contributed by atoms with E-state index >= 15 is 0 Å². The second-order valence-corrected chi connectivity index (χ2v) is 5.05. The van der Waals surface area contributed by atoms with Crippen LogP contribution in [0.15, 0.2) is 54.6 Å². The third-order valence-electron chi connectivity index (χ3n) is 3.74. The van der Waals surface area contributed by atoms with Gasteiger partial charge in [0.25, 0.3) is 0 Å². The summed E-state index contributed by atoms with van der Waals surface area (Å²) in [6.45, 7) is 2.18. The van der Waals surface area contributed by atoms with Crippen LogP contribution in [-0.2, 0) is 6.54 Å². The summed E-state index contributed by atoms with van der Waals surface area (Å²) in [5.41, 5.74) is 2.14. The molecule has 0 spiro atoms. The lowest BCUT2D eigenvalue weighted by atomic mass is 10.0. The number of aromatic hydroxyl groups is 1. The average molecular weight is 281 g/mol. The van der Waals surface area contributed by atoms with Crippen LogP contribution in [0.2, 0.25) is 0 Å². The van der Waals surface area contributed by atoms with Gasteiger partial charge in [0, 0.05) is 23.4 Å². The molecule has 0 saturated heterocycles. The zero-order valence-electron chi connectivity index (χ0n) is 11.7. The van der Waals surface area contributed by atoms with E-state index in [-0.39, 0.29) is 11.6 Å². The van der Waals surface area contributed by atoms with Gasteiger partial charge in [-0.25, -0.2) is 4.39 Å². The first kappa shape index (κ1) is 13.4. The summed E-state index contributed by atoms with van der Waals surface area (Å²) >= 11 is 0. The maximum absolute atomic E-state index is 13.5. The van der Waals surface area contributed by atoms with E-state index in [1.807, 2.05) is 36.4 Å². The van der Waals surface area contributed by atoms with Crippen molar-refractivity contribution in [2.24, 2.45) is 0 Å². The highest BCUT2D eigenvalue weighted by Crippen LogP contribution is 2.28. The van der Waals surface area contributed by atoms with Crippen molar-refractivity contribution in [3.05, 3.63) is 71.5 Å². The fourth-order valence-electron chi connectivity index (χ4n) is 2.49. The lowest BCUT2D eigenvalue weighted by Crippen LogP contribution is -2.03. The standard InChI is InChI=1S/C18H16FNO/c1-12-16(19)7-4-8-17(12)20-11-15-14-6-3-2-5-13(14)9-10-18(15)21/h2-10,20-21H,11H2,1H3. The van der Waals surface area contributed by atoms with Crippen molar-refractivity contribution in [2.75, 3.05) is 5.32 Å². The van der Waals surface area contributed by atoms with E-state index in [1.165, 1.54) is 6.07 Å². The molecule has 3 aromatic carbocycles. The van der Waals surface area contributed by atoms with E-state index < -0.39 is 0 Å². The van der Waals surface area contributed by atoms with Gasteiger partial charge in [0.15, 0.2) is 0 Å². The maximum atomic E-state index is 13.5. The lowest BCUT2D eigenvalue weighted by Gasteiger charge is -2.13. The zero-order valence-corrected chi connectivity index (χ0v) is 11.7. The first-order chi connectivity index (χ1) is 10.2. The average Bonchev–Trinajstić information content (AvgIpc) is 2.50. The molecule has 0 amide bonds. The number of phenolic OH excluding ortho intramolecular Hbond substituents is 1. The minimum Gasteiger partial charge on any atom is -0.508 e. The van der Waals surface area contributed by atoms with Crippen LogP contribution in [-0.4, -0.2) is 5.11 Å². The van der Waals surface area contributed by atoms with Gasteiger partial charge in [0.05, 0.1) is 0 Å². The second kappa shape index (κ2) is 5.44. The van der Waals surface area contributed by atoms with Crippen LogP contribution >= 0.6 is 0 Å². The number of nitrogens with one attached hydrogen (secondary N) is 1. The van der Waals surface area contributed by atoms with E-state index in [0.717, 1.165) is 22.0 Å².